The first kappa shape index (κ1) is 14.3. The van der Waals surface area contributed by atoms with E-state index < -0.39 is 0 Å². The van der Waals surface area contributed by atoms with Crippen LogP contribution in [-0.4, -0.2) is 47.3 Å². The third kappa shape index (κ3) is 7.65. The largest absolute Gasteiger partial charge is 0.393 e. The summed E-state index contributed by atoms with van der Waals surface area (Å²) in [6, 6.07) is 0. The maximum atomic E-state index is 9.34. The van der Waals surface area contributed by atoms with Gasteiger partial charge in [0, 0.05) is 12.3 Å². The molecule has 0 radical (unpaired) electrons. The van der Waals surface area contributed by atoms with Gasteiger partial charge in [-0.2, -0.15) is 11.8 Å². The highest BCUT2D eigenvalue weighted by Gasteiger charge is 2.01. The first-order chi connectivity index (χ1) is 6.74. The van der Waals surface area contributed by atoms with Gasteiger partial charge in [-0.25, -0.2) is 0 Å². The standard InChI is InChI=1S/C11H25NOS/c1-4-11(13)7-9-14-10-8-12(5-2)6-3/h11,13H,4-10H2,1-3H3. The molecule has 0 amide bonds. The van der Waals surface area contributed by atoms with Crippen LogP contribution in [0.25, 0.3) is 0 Å². The number of hydrogen-bond donors (Lipinski definition) is 1. The lowest BCUT2D eigenvalue weighted by atomic mass is 10.2. The molecule has 86 valence electrons. The van der Waals surface area contributed by atoms with Gasteiger partial charge < -0.3 is 10.0 Å². The van der Waals surface area contributed by atoms with Crippen molar-refractivity contribution < 1.29 is 5.11 Å². The molecule has 1 atom stereocenters. The summed E-state index contributed by atoms with van der Waals surface area (Å²) in [7, 11) is 0. The second kappa shape index (κ2) is 9.81. The zero-order valence-corrected chi connectivity index (χ0v) is 10.6. The molecule has 0 rings (SSSR count). The summed E-state index contributed by atoms with van der Waals surface area (Å²) in [6.45, 7) is 9.92. The lowest BCUT2D eigenvalue weighted by Gasteiger charge is -2.17. The molecule has 0 bridgehead atoms. The number of aliphatic hydroxyl groups excluding tert-OH is 1. The zero-order chi connectivity index (χ0) is 10.8. The highest BCUT2D eigenvalue weighted by molar-refractivity contribution is 7.99. The fourth-order valence-electron chi connectivity index (χ4n) is 1.26. The third-order valence-corrected chi connectivity index (χ3v) is 3.51. The maximum Gasteiger partial charge on any atom is 0.0545 e. The zero-order valence-electron chi connectivity index (χ0n) is 9.83. The van der Waals surface area contributed by atoms with Crippen molar-refractivity contribution in [3.63, 3.8) is 0 Å². The minimum atomic E-state index is -0.0871. The predicted octanol–water partition coefficient (Wildman–Crippen LogP) is 2.22. The topological polar surface area (TPSA) is 23.5 Å². The summed E-state index contributed by atoms with van der Waals surface area (Å²) < 4.78 is 0. The van der Waals surface area contributed by atoms with Crippen molar-refractivity contribution in [3.05, 3.63) is 0 Å². The summed E-state index contributed by atoms with van der Waals surface area (Å²) >= 11 is 1.95. The lowest BCUT2D eigenvalue weighted by molar-refractivity contribution is 0.167. The Kier molecular flexibility index (Phi) is 10.0. The highest BCUT2D eigenvalue weighted by atomic mass is 32.2. The molecular weight excluding hydrogens is 194 g/mol. The normalized spacial score (nSPS) is 13.5. The van der Waals surface area contributed by atoms with E-state index in [1.54, 1.807) is 0 Å². The Morgan fingerprint density at radius 1 is 1.14 bits per heavy atom. The van der Waals surface area contributed by atoms with Crippen molar-refractivity contribution in [2.75, 3.05) is 31.1 Å². The molecule has 14 heavy (non-hydrogen) atoms. The minimum Gasteiger partial charge on any atom is -0.393 e. The Bertz CT molecular complexity index is 118. The Morgan fingerprint density at radius 3 is 2.29 bits per heavy atom. The van der Waals surface area contributed by atoms with Gasteiger partial charge in [-0.05, 0) is 31.7 Å². The monoisotopic (exact) mass is 219 g/mol. The molecule has 0 aromatic heterocycles. The van der Waals surface area contributed by atoms with Crippen LogP contribution < -0.4 is 0 Å². The quantitative estimate of drug-likeness (QED) is 0.602. The van der Waals surface area contributed by atoms with Crippen molar-refractivity contribution in [1.82, 2.24) is 4.90 Å². The van der Waals surface area contributed by atoms with Crippen molar-refractivity contribution in [1.29, 1.82) is 0 Å². The summed E-state index contributed by atoms with van der Waals surface area (Å²) in [6.07, 6.45) is 1.74. The number of aliphatic hydroxyl groups is 1. The molecule has 0 heterocycles. The molecule has 0 aromatic carbocycles. The first-order valence-electron chi connectivity index (χ1n) is 5.72. The Balaban J connectivity index is 3.20. The molecule has 0 aliphatic heterocycles. The number of nitrogens with zero attached hydrogens (tertiary/aromatic N) is 1. The van der Waals surface area contributed by atoms with Crippen molar-refractivity contribution in [2.24, 2.45) is 0 Å². The van der Waals surface area contributed by atoms with E-state index in [9.17, 15) is 5.11 Å². The predicted molar refractivity (Wildman–Crippen MR) is 66.0 cm³/mol. The van der Waals surface area contributed by atoms with E-state index in [0.717, 1.165) is 31.7 Å². The van der Waals surface area contributed by atoms with Crippen LogP contribution in [0.2, 0.25) is 0 Å². The Hall–Kier alpha value is 0.270. The van der Waals surface area contributed by atoms with E-state index in [1.165, 1.54) is 12.3 Å². The second-order valence-electron chi connectivity index (χ2n) is 3.49. The molecule has 0 aliphatic rings. The minimum absolute atomic E-state index is 0.0871. The van der Waals surface area contributed by atoms with Gasteiger partial charge in [-0.1, -0.05) is 20.8 Å². The lowest BCUT2D eigenvalue weighted by Crippen LogP contribution is -2.25. The van der Waals surface area contributed by atoms with Crippen LogP contribution in [0.1, 0.15) is 33.6 Å². The Morgan fingerprint density at radius 2 is 1.79 bits per heavy atom. The van der Waals surface area contributed by atoms with Gasteiger partial charge in [0.2, 0.25) is 0 Å². The SMILES string of the molecule is CCC(O)CCSCCN(CC)CC. The van der Waals surface area contributed by atoms with E-state index in [0.29, 0.717) is 0 Å². The van der Waals surface area contributed by atoms with E-state index in [1.807, 2.05) is 18.7 Å². The van der Waals surface area contributed by atoms with Gasteiger partial charge in [0.25, 0.3) is 0 Å². The van der Waals surface area contributed by atoms with Gasteiger partial charge in [-0.15, -0.1) is 0 Å². The van der Waals surface area contributed by atoms with Crippen LogP contribution in [0.5, 0.6) is 0 Å². The van der Waals surface area contributed by atoms with E-state index in [2.05, 4.69) is 18.7 Å². The molecule has 1 N–H and O–H groups in total. The number of rotatable bonds is 9. The van der Waals surface area contributed by atoms with Crippen LogP contribution in [0.4, 0.5) is 0 Å². The molecule has 0 saturated carbocycles. The molecule has 1 unspecified atom stereocenters. The van der Waals surface area contributed by atoms with E-state index in [4.69, 9.17) is 0 Å². The van der Waals surface area contributed by atoms with Crippen LogP contribution in [0, 0.1) is 0 Å². The van der Waals surface area contributed by atoms with Gasteiger partial charge >= 0.3 is 0 Å². The molecule has 0 spiro atoms. The molecule has 0 fully saturated rings. The van der Waals surface area contributed by atoms with Crippen LogP contribution in [-0.2, 0) is 0 Å². The molecule has 0 saturated heterocycles. The fraction of sp³-hybridized carbons (Fsp3) is 1.00. The molecule has 0 aliphatic carbocycles. The first-order valence-corrected chi connectivity index (χ1v) is 6.88. The van der Waals surface area contributed by atoms with E-state index >= 15 is 0 Å². The van der Waals surface area contributed by atoms with E-state index in [-0.39, 0.29) is 6.10 Å². The average molecular weight is 219 g/mol. The molecular formula is C11H25NOS. The Labute approximate surface area is 93.1 Å². The van der Waals surface area contributed by atoms with Crippen molar-refractivity contribution in [3.8, 4) is 0 Å². The van der Waals surface area contributed by atoms with Gasteiger partial charge in [0.05, 0.1) is 6.10 Å². The third-order valence-electron chi connectivity index (χ3n) is 2.51. The van der Waals surface area contributed by atoms with Gasteiger partial charge in [0.15, 0.2) is 0 Å². The number of hydrogen-bond acceptors (Lipinski definition) is 3. The number of thioether (sulfide) groups is 1. The van der Waals surface area contributed by atoms with Gasteiger partial charge in [0.1, 0.15) is 0 Å². The van der Waals surface area contributed by atoms with Crippen LogP contribution >= 0.6 is 11.8 Å². The fourth-order valence-corrected chi connectivity index (χ4v) is 2.29. The summed E-state index contributed by atoms with van der Waals surface area (Å²) in [5, 5.41) is 9.34. The molecule has 3 heteroatoms. The second-order valence-corrected chi connectivity index (χ2v) is 4.71. The summed E-state index contributed by atoms with van der Waals surface area (Å²) in [5.74, 6) is 2.29. The summed E-state index contributed by atoms with van der Waals surface area (Å²) in [4.78, 5) is 2.43. The van der Waals surface area contributed by atoms with Crippen LogP contribution in [0.15, 0.2) is 0 Å². The van der Waals surface area contributed by atoms with Crippen molar-refractivity contribution >= 4 is 11.8 Å². The maximum absolute atomic E-state index is 9.34. The van der Waals surface area contributed by atoms with Crippen molar-refractivity contribution in [2.45, 2.75) is 39.7 Å². The smallest absolute Gasteiger partial charge is 0.0545 e. The average Bonchev–Trinajstić information content (AvgIpc) is 2.23. The molecule has 2 nitrogen and oxygen atoms in total. The summed E-state index contributed by atoms with van der Waals surface area (Å²) in [5.41, 5.74) is 0. The molecule has 0 aromatic rings. The van der Waals surface area contributed by atoms with Gasteiger partial charge in [-0.3, -0.25) is 0 Å². The highest BCUT2D eigenvalue weighted by Crippen LogP contribution is 2.07. The van der Waals surface area contributed by atoms with Crippen LogP contribution in [0.3, 0.4) is 0 Å².